The Morgan fingerprint density at radius 1 is 1.06 bits per heavy atom. The number of alkyl halides is 6. The lowest BCUT2D eigenvalue weighted by Crippen LogP contribution is -2.48. The van der Waals surface area contributed by atoms with E-state index in [-0.39, 0.29) is 35.8 Å². The van der Waals surface area contributed by atoms with Crippen molar-refractivity contribution in [2.45, 2.75) is 90.2 Å². The van der Waals surface area contributed by atoms with Crippen LogP contribution in [0.2, 0.25) is 0 Å². The number of carbonyl (C=O) groups is 2. The average Bonchev–Trinajstić information content (AvgIpc) is 3.26. The largest absolute Gasteiger partial charge is 0.416 e. The van der Waals surface area contributed by atoms with Crippen LogP contribution in [0.15, 0.2) is 47.4 Å². The standard InChI is InChI=1S/C22H33FN2O3.C12H17F6N/c1-2-19(23)7-3-4-8-21-20-15-25(14-18(20)9-11-24(21)16-26)22(27)17-6-5-12-28-13-10-17;1-8(9(2)19(3)4)7-10(12(16,17)18)5-6-11(13,14)15/h2-3,7,16-18,20-21H,4-6,8-15H2,1H3;5,7,9H,6H2,1-4H3/b7-3-,19-2+;8-7+,10-5+/t17?,18-,20-,21+;/m1./s1. The van der Waals surface area contributed by atoms with Crippen LogP contribution >= 0.6 is 0 Å². The molecule has 268 valence electrons. The van der Waals surface area contributed by atoms with E-state index in [9.17, 15) is 40.3 Å². The van der Waals surface area contributed by atoms with Crippen molar-refractivity contribution in [3.8, 4) is 0 Å². The van der Waals surface area contributed by atoms with Gasteiger partial charge >= 0.3 is 12.4 Å². The quantitative estimate of drug-likeness (QED) is 0.135. The Labute approximate surface area is 274 Å². The molecule has 0 aliphatic carbocycles. The summed E-state index contributed by atoms with van der Waals surface area (Å²) < 4.78 is 92.6. The molecule has 3 rings (SSSR count). The lowest BCUT2D eigenvalue weighted by molar-refractivity contribution is -0.135. The van der Waals surface area contributed by atoms with Crippen molar-refractivity contribution < 1.29 is 45.1 Å². The van der Waals surface area contributed by atoms with Crippen molar-refractivity contribution >= 4 is 12.3 Å². The number of halogens is 7. The van der Waals surface area contributed by atoms with E-state index in [0.29, 0.717) is 24.0 Å². The zero-order valence-electron chi connectivity index (χ0n) is 28.0. The summed E-state index contributed by atoms with van der Waals surface area (Å²) >= 11 is 0. The lowest BCUT2D eigenvalue weighted by Gasteiger charge is -2.40. The van der Waals surface area contributed by atoms with Crippen LogP contribution in [0.25, 0.3) is 0 Å². The third-order valence-corrected chi connectivity index (χ3v) is 9.30. The van der Waals surface area contributed by atoms with Crippen molar-refractivity contribution in [1.29, 1.82) is 0 Å². The second kappa shape index (κ2) is 18.8. The number of piperidine rings is 1. The normalized spacial score (nSPS) is 25.8. The third-order valence-electron chi connectivity index (χ3n) is 9.30. The van der Waals surface area contributed by atoms with Gasteiger partial charge in [0, 0.05) is 56.8 Å². The molecule has 0 aromatic rings. The van der Waals surface area contributed by atoms with Crippen LogP contribution in [0.5, 0.6) is 0 Å². The number of hydrogen-bond acceptors (Lipinski definition) is 4. The molecule has 0 N–H and O–H groups in total. The van der Waals surface area contributed by atoms with Gasteiger partial charge in [0.05, 0.1) is 12.0 Å². The van der Waals surface area contributed by atoms with Gasteiger partial charge in [-0.3, -0.25) is 9.59 Å². The van der Waals surface area contributed by atoms with Gasteiger partial charge in [-0.2, -0.15) is 26.3 Å². The summed E-state index contributed by atoms with van der Waals surface area (Å²) in [6.07, 6.45) is 0.790. The van der Waals surface area contributed by atoms with Crippen molar-refractivity contribution in [1.82, 2.24) is 14.7 Å². The zero-order chi connectivity index (χ0) is 35.4. The molecule has 0 radical (unpaired) electrons. The van der Waals surface area contributed by atoms with E-state index >= 15 is 0 Å². The summed E-state index contributed by atoms with van der Waals surface area (Å²) in [4.78, 5) is 30.3. The molecule has 0 aromatic heterocycles. The van der Waals surface area contributed by atoms with E-state index in [1.165, 1.54) is 19.1 Å². The van der Waals surface area contributed by atoms with E-state index in [1.54, 1.807) is 32.8 Å². The number of likely N-dealkylation sites (N-methyl/N-ethyl adjacent to an activating group) is 1. The second-order valence-electron chi connectivity index (χ2n) is 12.8. The molecule has 47 heavy (non-hydrogen) atoms. The number of ether oxygens (including phenoxy) is 1. The SMILES string of the molecule is C/C(=C\C(=C/CC(F)(F)F)C(F)(F)F)C(C)N(C)C.C/C=C(F)\C=C/CC[C@H]1[C@@H]2CN(C(=O)C3CCCOCC3)C[C@H]2CCN1C=O. The molecule has 3 heterocycles. The van der Waals surface area contributed by atoms with Crippen LogP contribution in [-0.2, 0) is 14.3 Å². The Bertz CT molecular complexity index is 1120. The average molecular weight is 682 g/mol. The number of carbonyl (C=O) groups excluding carboxylic acids is 2. The highest BCUT2D eigenvalue weighted by atomic mass is 19.4. The summed E-state index contributed by atoms with van der Waals surface area (Å²) in [6, 6.07) is -0.165. The first kappa shape index (κ1) is 40.5. The van der Waals surface area contributed by atoms with E-state index in [4.69, 9.17) is 4.74 Å². The molecular formula is C34H50F7N3O3. The molecular weight excluding hydrogens is 631 g/mol. The predicted octanol–water partition coefficient (Wildman–Crippen LogP) is 7.64. The topological polar surface area (TPSA) is 53.1 Å². The minimum atomic E-state index is -4.79. The molecule has 0 saturated carbocycles. The molecule has 5 atom stereocenters. The Balaban J connectivity index is 0.000000355. The summed E-state index contributed by atoms with van der Waals surface area (Å²) in [7, 11) is 3.35. The Morgan fingerprint density at radius 3 is 2.36 bits per heavy atom. The fourth-order valence-corrected chi connectivity index (χ4v) is 6.28. The van der Waals surface area contributed by atoms with Crippen LogP contribution in [-0.4, -0.2) is 98.4 Å². The van der Waals surface area contributed by atoms with Crippen LogP contribution in [0.3, 0.4) is 0 Å². The molecule has 6 nitrogen and oxygen atoms in total. The van der Waals surface area contributed by atoms with Gasteiger partial charge in [-0.05, 0) is 91.5 Å². The van der Waals surface area contributed by atoms with Gasteiger partial charge in [-0.15, -0.1) is 0 Å². The van der Waals surface area contributed by atoms with E-state index in [2.05, 4.69) is 0 Å². The molecule has 0 bridgehead atoms. The summed E-state index contributed by atoms with van der Waals surface area (Å²) in [5, 5.41) is 0. The molecule has 2 amide bonds. The Hall–Kier alpha value is -2.67. The van der Waals surface area contributed by atoms with Crippen molar-refractivity contribution in [3.05, 3.63) is 47.4 Å². The fraction of sp³-hybridized carbons (Fsp3) is 0.706. The second-order valence-corrected chi connectivity index (χ2v) is 12.8. The highest BCUT2D eigenvalue weighted by molar-refractivity contribution is 5.79. The van der Waals surface area contributed by atoms with Gasteiger partial charge in [0.25, 0.3) is 0 Å². The van der Waals surface area contributed by atoms with E-state index in [1.807, 2.05) is 15.9 Å². The highest BCUT2D eigenvalue weighted by Crippen LogP contribution is 2.38. The number of allylic oxidation sites excluding steroid dienone is 7. The first-order chi connectivity index (χ1) is 22.0. The Kier molecular flexibility index (Phi) is 16.2. The van der Waals surface area contributed by atoms with Gasteiger partial charge in [-0.1, -0.05) is 23.8 Å². The molecule has 0 aromatic carbocycles. The molecule has 3 saturated heterocycles. The molecule has 3 aliphatic heterocycles. The first-order valence-electron chi connectivity index (χ1n) is 16.2. The molecule has 0 spiro atoms. The van der Waals surface area contributed by atoms with Crippen molar-refractivity contribution in [2.24, 2.45) is 17.8 Å². The Morgan fingerprint density at radius 2 is 1.77 bits per heavy atom. The van der Waals surface area contributed by atoms with Crippen LogP contribution in [0.4, 0.5) is 30.7 Å². The highest BCUT2D eigenvalue weighted by Gasteiger charge is 2.45. The fourth-order valence-electron chi connectivity index (χ4n) is 6.28. The monoisotopic (exact) mass is 681 g/mol. The maximum Gasteiger partial charge on any atom is 0.416 e. The number of nitrogens with zero attached hydrogens (tertiary/aromatic N) is 3. The maximum atomic E-state index is 13.3. The van der Waals surface area contributed by atoms with Crippen molar-refractivity contribution in [3.63, 3.8) is 0 Å². The minimum Gasteiger partial charge on any atom is -0.381 e. The van der Waals surface area contributed by atoms with Gasteiger partial charge < -0.3 is 19.4 Å². The van der Waals surface area contributed by atoms with Gasteiger partial charge in [0.1, 0.15) is 5.83 Å². The third kappa shape index (κ3) is 13.4. The first-order valence-corrected chi connectivity index (χ1v) is 16.2. The maximum absolute atomic E-state index is 13.3. The number of amides is 2. The van der Waals surface area contributed by atoms with E-state index < -0.39 is 24.3 Å². The smallest absolute Gasteiger partial charge is 0.381 e. The van der Waals surface area contributed by atoms with Gasteiger partial charge in [-0.25, -0.2) is 4.39 Å². The number of rotatable bonds is 10. The van der Waals surface area contributed by atoms with Crippen LogP contribution in [0, 0.1) is 17.8 Å². The number of fused-ring (bicyclic) bond motifs is 1. The number of likely N-dealkylation sites (tertiary alicyclic amines) is 2. The summed E-state index contributed by atoms with van der Waals surface area (Å²) in [5.41, 5.74) is -0.924. The minimum absolute atomic E-state index is 0.0787. The van der Waals surface area contributed by atoms with Crippen LogP contribution < -0.4 is 0 Å². The number of hydrogen-bond donors (Lipinski definition) is 0. The van der Waals surface area contributed by atoms with Crippen molar-refractivity contribution in [2.75, 3.05) is 46.9 Å². The molecule has 3 fully saturated rings. The lowest BCUT2D eigenvalue weighted by atomic mass is 9.80. The summed E-state index contributed by atoms with van der Waals surface area (Å²) in [6.45, 7) is 8.53. The molecule has 2 unspecified atom stereocenters. The predicted molar refractivity (Wildman–Crippen MR) is 168 cm³/mol. The zero-order valence-corrected chi connectivity index (χ0v) is 28.0. The molecule has 3 aliphatic rings. The summed E-state index contributed by atoms with van der Waals surface area (Å²) in [5.74, 6) is 0.897. The van der Waals surface area contributed by atoms with Crippen LogP contribution in [0.1, 0.15) is 65.7 Å². The molecule has 13 heteroatoms. The van der Waals surface area contributed by atoms with E-state index in [0.717, 1.165) is 77.3 Å². The van der Waals surface area contributed by atoms with Gasteiger partial charge in [0.15, 0.2) is 0 Å². The van der Waals surface area contributed by atoms with Gasteiger partial charge in [0.2, 0.25) is 12.3 Å².